The lowest BCUT2D eigenvalue weighted by molar-refractivity contribution is 0.433. The maximum atomic E-state index is 12.2. The van der Waals surface area contributed by atoms with Crippen LogP contribution in [0.1, 0.15) is 58.8 Å². The number of aromatic nitrogens is 2. The van der Waals surface area contributed by atoms with E-state index in [0.29, 0.717) is 18.0 Å². The largest absolute Gasteiger partial charge is 0.324 e. The summed E-state index contributed by atoms with van der Waals surface area (Å²) in [6, 6.07) is 1.59. The predicted octanol–water partition coefficient (Wildman–Crippen LogP) is 2.22. The summed E-state index contributed by atoms with van der Waals surface area (Å²) < 4.78 is 1.56. The number of hydrogen-bond donors (Lipinski definition) is 1. The highest BCUT2D eigenvalue weighted by atomic mass is 16.1. The van der Waals surface area contributed by atoms with Crippen molar-refractivity contribution in [2.24, 2.45) is 11.7 Å². The fraction of sp³-hybridized carbons (Fsp3) is 0.714. The van der Waals surface area contributed by atoms with Gasteiger partial charge in [-0.05, 0) is 18.9 Å². The Hall–Kier alpha value is -1.16. The molecule has 4 heteroatoms. The minimum atomic E-state index is -0.264. The van der Waals surface area contributed by atoms with Crippen molar-refractivity contribution in [3.05, 3.63) is 27.7 Å². The van der Waals surface area contributed by atoms with E-state index in [1.54, 1.807) is 4.68 Å². The molecule has 102 valence electrons. The first-order valence-electron chi connectivity index (χ1n) is 6.51. The fourth-order valence-corrected chi connectivity index (χ4v) is 1.72. The van der Waals surface area contributed by atoms with Crippen LogP contribution >= 0.6 is 0 Å². The van der Waals surface area contributed by atoms with Gasteiger partial charge >= 0.3 is 0 Å². The van der Waals surface area contributed by atoms with E-state index in [-0.39, 0.29) is 17.0 Å². The van der Waals surface area contributed by atoms with Gasteiger partial charge < -0.3 is 5.73 Å². The lowest BCUT2D eigenvalue weighted by Crippen LogP contribution is -2.33. The van der Waals surface area contributed by atoms with Crippen molar-refractivity contribution in [3.8, 4) is 0 Å². The Morgan fingerprint density at radius 2 is 1.89 bits per heavy atom. The molecule has 0 fully saturated rings. The average Bonchev–Trinajstić information content (AvgIpc) is 2.18. The summed E-state index contributed by atoms with van der Waals surface area (Å²) in [6.45, 7) is 12.9. The second-order valence-electron chi connectivity index (χ2n) is 6.40. The molecule has 4 nitrogen and oxygen atoms in total. The van der Waals surface area contributed by atoms with Crippen LogP contribution in [0.4, 0.5) is 0 Å². The molecular formula is C14H25N3O. The van der Waals surface area contributed by atoms with Crippen LogP contribution in [-0.4, -0.2) is 9.78 Å². The van der Waals surface area contributed by atoms with E-state index in [4.69, 9.17) is 5.73 Å². The zero-order chi connectivity index (χ0) is 14.1. The summed E-state index contributed by atoms with van der Waals surface area (Å²) in [5.41, 5.74) is 7.30. The lowest BCUT2D eigenvalue weighted by Gasteiger charge is -2.21. The highest BCUT2D eigenvalue weighted by Gasteiger charge is 2.20. The van der Waals surface area contributed by atoms with E-state index in [2.05, 4.69) is 39.7 Å². The molecule has 0 radical (unpaired) electrons. The minimum Gasteiger partial charge on any atom is -0.324 e. The molecule has 1 atom stereocenters. The molecular weight excluding hydrogens is 226 g/mol. The zero-order valence-electron chi connectivity index (χ0n) is 12.3. The quantitative estimate of drug-likeness (QED) is 0.896. The molecule has 18 heavy (non-hydrogen) atoms. The first-order valence-corrected chi connectivity index (χ1v) is 6.51. The molecule has 0 saturated carbocycles. The second-order valence-corrected chi connectivity index (χ2v) is 6.40. The molecule has 0 aliphatic rings. The van der Waals surface area contributed by atoms with Crippen LogP contribution < -0.4 is 11.3 Å². The van der Waals surface area contributed by atoms with Crippen LogP contribution in [0, 0.1) is 5.92 Å². The van der Waals surface area contributed by atoms with Crippen molar-refractivity contribution in [3.63, 3.8) is 0 Å². The Balaban J connectivity index is 3.42. The van der Waals surface area contributed by atoms with E-state index in [1.807, 2.05) is 13.0 Å². The van der Waals surface area contributed by atoms with E-state index in [9.17, 15) is 4.79 Å². The van der Waals surface area contributed by atoms with Crippen molar-refractivity contribution < 1.29 is 0 Å². The third-order valence-electron chi connectivity index (χ3n) is 2.80. The maximum absolute atomic E-state index is 12.2. The summed E-state index contributed by atoms with van der Waals surface area (Å²) in [7, 11) is 0. The van der Waals surface area contributed by atoms with Crippen LogP contribution in [-0.2, 0) is 12.0 Å². The van der Waals surface area contributed by atoms with E-state index >= 15 is 0 Å². The third-order valence-corrected chi connectivity index (χ3v) is 2.80. The Labute approximate surface area is 109 Å². The molecule has 0 bridgehead atoms. The van der Waals surface area contributed by atoms with Gasteiger partial charge in [0.15, 0.2) is 0 Å². The van der Waals surface area contributed by atoms with Gasteiger partial charge in [0.25, 0.3) is 5.56 Å². The lowest BCUT2D eigenvalue weighted by atomic mass is 9.90. The van der Waals surface area contributed by atoms with Gasteiger partial charge in [-0.2, -0.15) is 5.10 Å². The van der Waals surface area contributed by atoms with E-state index < -0.39 is 0 Å². The van der Waals surface area contributed by atoms with Gasteiger partial charge in [-0.15, -0.1) is 0 Å². The molecule has 1 heterocycles. The fourth-order valence-electron chi connectivity index (χ4n) is 1.72. The molecule has 1 aromatic heterocycles. The smallest absolute Gasteiger partial charge is 0.271 e. The zero-order valence-corrected chi connectivity index (χ0v) is 12.3. The molecule has 1 rings (SSSR count). The summed E-state index contributed by atoms with van der Waals surface area (Å²) in [6.07, 6.45) is 0. The second kappa shape index (κ2) is 5.22. The van der Waals surface area contributed by atoms with Crippen LogP contribution in [0.2, 0.25) is 0 Å². The Kier molecular flexibility index (Phi) is 4.32. The van der Waals surface area contributed by atoms with E-state index in [0.717, 1.165) is 5.69 Å². The topological polar surface area (TPSA) is 60.9 Å². The average molecular weight is 251 g/mol. The Morgan fingerprint density at radius 1 is 1.33 bits per heavy atom. The maximum Gasteiger partial charge on any atom is 0.271 e. The monoisotopic (exact) mass is 251 g/mol. The van der Waals surface area contributed by atoms with Gasteiger partial charge in [-0.3, -0.25) is 4.79 Å². The van der Waals surface area contributed by atoms with Gasteiger partial charge in [0.1, 0.15) is 0 Å². The van der Waals surface area contributed by atoms with Crippen LogP contribution in [0.25, 0.3) is 0 Å². The molecule has 0 aromatic carbocycles. The molecule has 0 spiro atoms. The molecule has 0 aliphatic carbocycles. The van der Waals surface area contributed by atoms with Gasteiger partial charge in [0.05, 0.1) is 5.69 Å². The number of rotatable bonds is 3. The van der Waals surface area contributed by atoms with Crippen molar-refractivity contribution in [1.29, 1.82) is 0 Å². The normalized spacial score (nSPS) is 14.0. The minimum absolute atomic E-state index is 0.0632. The van der Waals surface area contributed by atoms with Gasteiger partial charge in [-0.1, -0.05) is 34.6 Å². The summed E-state index contributed by atoms with van der Waals surface area (Å²) in [5.74, 6) is 0.381. The highest BCUT2D eigenvalue weighted by Crippen LogP contribution is 2.20. The van der Waals surface area contributed by atoms with Gasteiger partial charge in [0.2, 0.25) is 0 Å². The van der Waals surface area contributed by atoms with Crippen LogP contribution in [0.15, 0.2) is 10.9 Å². The molecule has 1 unspecified atom stereocenters. The van der Waals surface area contributed by atoms with Crippen molar-refractivity contribution in [2.45, 2.75) is 59.5 Å². The Bertz CT molecular complexity index is 467. The van der Waals surface area contributed by atoms with Crippen molar-refractivity contribution >= 4 is 0 Å². The van der Waals surface area contributed by atoms with Crippen LogP contribution in [0.3, 0.4) is 0 Å². The molecule has 2 N–H and O–H groups in total. The first-order chi connectivity index (χ1) is 8.12. The van der Waals surface area contributed by atoms with E-state index in [1.165, 1.54) is 0 Å². The number of nitrogens with two attached hydrogens (primary N) is 1. The van der Waals surface area contributed by atoms with Gasteiger partial charge in [-0.25, -0.2) is 4.68 Å². The molecule has 1 aromatic rings. The van der Waals surface area contributed by atoms with Crippen molar-refractivity contribution in [1.82, 2.24) is 9.78 Å². The third kappa shape index (κ3) is 3.42. The molecule has 0 amide bonds. The predicted molar refractivity (Wildman–Crippen MR) is 74.6 cm³/mol. The SMILES string of the molecule is CC(C)Cn1nc(C(C)(C)C)cc(C(C)N)c1=O. The number of hydrogen-bond acceptors (Lipinski definition) is 3. The summed E-state index contributed by atoms with van der Waals surface area (Å²) >= 11 is 0. The van der Waals surface area contributed by atoms with Gasteiger partial charge in [0, 0.05) is 23.6 Å². The standard InChI is InChI=1S/C14H25N3O/c1-9(2)8-17-13(18)11(10(3)15)7-12(16-17)14(4,5)6/h7,9-10H,8,15H2,1-6H3. The molecule has 0 saturated heterocycles. The highest BCUT2D eigenvalue weighted by molar-refractivity contribution is 5.21. The Morgan fingerprint density at radius 3 is 2.28 bits per heavy atom. The number of nitrogens with zero attached hydrogens (tertiary/aromatic N) is 2. The first kappa shape index (κ1) is 14.9. The summed E-state index contributed by atoms with van der Waals surface area (Å²) in [4.78, 5) is 12.2. The van der Waals surface area contributed by atoms with Crippen molar-refractivity contribution in [2.75, 3.05) is 0 Å². The summed E-state index contributed by atoms with van der Waals surface area (Å²) in [5, 5.41) is 4.48. The van der Waals surface area contributed by atoms with Crippen LogP contribution in [0.5, 0.6) is 0 Å². The molecule has 0 aliphatic heterocycles.